The lowest BCUT2D eigenvalue weighted by molar-refractivity contribution is 0.122. The number of hydrogen-bond acceptors (Lipinski definition) is 6. The van der Waals surface area contributed by atoms with Gasteiger partial charge in [-0.1, -0.05) is 0 Å². The maximum Gasteiger partial charge on any atom is 0.261 e. The van der Waals surface area contributed by atoms with Crippen molar-refractivity contribution in [2.75, 3.05) is 44.9 Å². The number of fused-ring (bicyclic) bond motifs is 1. The molecule has 0 atom stereocenters. The van der Waals surface area contributed by atoms with E-state index in [2.05, 4.69) is 14.9 Å². The molecule has 2 aromatic rings. The van der Waals surface area contributed by atoms with Crippen LogP contribution >= 0.6 is 0 Å². The predicted octanol–water partition coefficient (Wildman–Crippen LogP) is 0.274. The van der Waals surface area contributed by atoms with Crippen LogP contribution in [0.1, 0.15) is 0 Å². The summed E-state index contributed by atoms with van der Waals surface area (Å²) >= 11 is 0. The van der Waals surface area contributed by atoms with Crippen molar-refractivity contribution in [1.82, 2.24) is 14.5 Å². The zero-order chi connectivity index (χ0) is 14.7. The van der Waals surface area contributed by atoms with E-state index in [0.717, 1.165) is 13.1 Å². The van der Waals surface area contributed by atoms with Gasteiger partial charge in [0.1, 0.15) is 0 Å². The quantitative estimate of drug-likeness (QED) is 0.805. The van der Waals surface area contributed by atoms with Crippen molar-refractivity contribution in [3.05, 3.63) is 28.8 Å². The topological polar surface area (TPSA) is 69.5 Å². The van der Waals surface area contributed by atoms with Crippen LogP contribution in [0.2, 0.25) is 0 Å². The van der Waals surface area contributed by atoms with E-state index < -0.39 is 0 Å². The Morgan fingerprint density at radius 2 is 2.19 bits per heavy atom. The fourth-order valence-electron chi connectivity index (χ4n) is 2.34. The van der Waals surface area contributed by atoms with Gasteiger partial charge in [-0.2, -0.15) is 0 Å². The van der Waals surface area contributed by atoms with E-state index in [-0.39, 0.29) is 5.56 Å². The molecule has 0 radical (unpaired) electrons. The third-order valence-electron chi connectivity index (χ3n) is 3.54. The lowest BCUT2D eigenvalue weighted by Gasteiger charge is -2.26. The maximum absolute atomic E-state index is 12.3. The first-order chi connectivity index (χ1) is 10.3. The highest BCUT2D eigenvalue weighted by Crippen LogP contribution is 2.13. The Balaban J connectivity index is 1.93. The van der Waals surface area contributed by atoms with Crippen molar-refractivity contribution in [2.45, 2.75) is 6.54 Å². The molecule has 3 rings (SSSR count). The smallest absolute Gasteiger partial charge is 0.261 e. The normalized spacial score (nSPS) is 15.6. The monoisotopic (exact) mass is 290 g/mol. The molecule has 0 unspecified atom stereocenters. The largest absolute Gasteiger partial charge is 0.383 e. The number of aromatic nitrogens is 3. The Kier molecular flexibility index (Phi) is 4.12. The molecule has 3 heterocycles. The van der Waals surface area contributed by atoms with Crippen molar-refractivity contribution in [3.63, 3.8) is 0 Å². The van der Waals surface area contributed by atoms with Crippen LogP contribution in [0.5, 0.6) is 0 Å². The van der Waals surface area contributed by atoms with Crippen molar-refractivity contribution in [2.24, 2.45) is 0 Å². The van der Waals surface area contributed by atoms with E-state index >= 15 is 0 Å². The minimum absolute atomic E-state index is 0.0851. The van der Waals surface area contributed by atoms with Crippen LogP contribution in [-0.2, 0) is 16.0 Å². The number of pyridine rings is 1. The predicted molar refractivity (Wildman–Crippen MR) is 78.7 cm³/mol. The molecule has 0 spiro atoms. The molecule has 2 aromatic heterocycles. The summed E-state index contributed by atoms with van der Waals surface area (Å²) in [4.78, 5) is 23.2. The summed E-state index contributed by atoms with van der Waals surface area (Å²) in [5.74, 6) is 0.653. The van der Waals surface area contributed by atoms with Crippen molar-refractivity contribution in [3.8, 4) is 0 Å². The van der Waals surface area contributed by atoms with Gasteiger partial charge in [-0.15, -0.1) is 0 Å². The third-order valence-corrected chi connectivity index (χ3v) is 3.54. The molecule has 112 valence electrons. The standard InChI is InChI=1S/C14H18N4O3/c1-20-7-4-17-3-2-12-11(13(17)19)10-15-14(16-12)18-5-8-21-9-6-18/h2-3,10H,4-9H2,1H3. The Labute approximate surface area is 122 Å². The molecule has 1 fully saturated rings. The van der Waals surface area contributed by atoms with Gasteiger partial charge in [0.05, 0.1) is 30.7 Å². The molecule has 1 aliphatic heterocycles. The number of anilines is 1. The zero-order valence-electron chi connectivity index (χ0n) is 12.0. The van der Waals surface area contributed by atoms with E-state index in [9.17, 15) is 4.79 Å². The molecule has 7 heteroatoms. The molecule has 21 heavy (non-hydrogen) atoms. The second kappa shape index (κ2) is 6.19. The Hall–Kier alpha value is -1.99. The second-order valence-electron chi connectivity index (χ2n) is 4.88. The van der Waals surface area contributed by atoms with Crippen LogP contribution in [0.4, 0.5) is 5.95 Å². The molecule has 0 saturated carbocycles. The van der Waals surface area contributed by atoms with E-state index in [4.69, 9.17) is 9.47 Å². The first kappa shape index (κ1) is 14.0. The van der Waals surface area contributed by atoms with Crippen LogP contribution in [0.3, 0.4) is 0 Å². The fraction of sp³-hybridized carbons (Fsp3) is 0.500. The van der Waals surface area contributed by atoms with Gasteiger partial charge in [0, 0.05) is 39.1 Å². The summed E-state index contributed by atoms with van der Waals surface area (Å²) in [6.45, 7) is 3.93. The van der Waals surface area contributed by atoms with Crippen molar-refractivity contribution < 1.29 is 9.47 Å². The first-order valence-electron chi connectivity index (χ1n) is 6.97. The summed E-state index contributed by atoms with van der Waals surface area (Å²) in [6.07, 6.45) is 3.36. The number of rotatable bonds is 4. The number of methoxy groups -OCH3 is 1. The lowest BCUT2D eigenvalue weighted by atomic mass is 10.3. The fourth-order valence-corrected chi connectivity index (χ4v) is 2.34. The highest BCUT2D eigenvalue weighted by Gasteiger charge is 2.15. The van der Waals surface area contributed by atoms with Gasteiger partial charge in [0.25, 0.3) is 5.56 Å². The summed E-state index contributed by atoms with van der Waals surface area (Å²) in [5.41, 5.74) is 0.586. The van der Waals surface area contributed by atoms with Crippen LogP contribution in [-0.4, -0.2) is 54.6 Å². The summed E-state index contributed by atoms with van der Waals surface area (Å²) in [6, 6.07) is 1.85. The molecule has 1 aliphatic rings. The van der Waals surface area contributed by atoms with Crippen molar-refractivity contribution >= 4 is 16.9 Å². The number of nitrogens with zero attached hydrogens (tertiary/aromatic N) is 4. The van der Waals surface area contributed by atoms with Gasteiger partial charge in [-0.3, -0.25) is 4.79 Å². The lowest BCUT2D eigenvalue weighted by Crippen LogP contribution is -2.37. The van der Waals surface area contributed by atoms with Gasteiger partial charge < -0.3 is 18.9 Å². The Morgan fingerprint density at radius 1 is 1.38 bits per heavy atom. The summed E-state index contributed by atoms with van der Waals surface area (Å²) in [7, 11) is 1.61. The van der Waals surface area contributed by atoms with Gasteiger partial charge in [-0.25, -0.2) is 9.97 Å². The third kappa shape index (κ3) is 2.88. The minimum atomic E-state index is -0.0851. The van der Waals surface area contributed by atoms with E-state index in [1.807, 2.05) is 6.07 Å². The Morgan fingerprint density at radius 3 is 2.95 bits per heavy atom. The Bertz CT molecular complexity index is 679. The molecule has 7 nitrogen and oxygen atoms in total. The summed E-state index contributed by atoms with van der Waals surface area (Å²) < 4.78 is 11.9. The molecule has 0 N–H and O–H groups in total. The van der Waals surface area contributed by atoms with Crippen LogP contribution in [0.15, 0.2) is 23.3 Å². The molecule has 0 aromatic carbocycles. The van der Waals surface area contributed by atoms with Crippen LogP contribution in [0, 0.1) is 0 Å². The highest BCUT2D eigenvalue weighted by atomic mass is 16.5. The zero-order valence-corrected chi connectivity index (χ0v) is 12.0. The van der Waals surface area contributed by atoms with Gasteiger partial charge in [-0.05, 0) is 6.07 Å². The van der Waals surface area contributed by atoms with Crippen molar-refractivity contribution in [1.29, 1.82) is 0 Å². The highest BCUT2D eigenvalue weighted by molar-refractivity contribution is 5.77. The van der Waals surface area contributed by atoms with Crippen LogP contribution < -0.4 is 10.5 Å². The number of hydrogen-bond donors (Lipinski definition) is 0. The molecular weight excluding hydrogens is 272 g/mol. The van der Waals surface area contributed by atoms with Gasteiger partial charge in [0.15, 0.2) is 0 Å². The number of ether oxygens (including phenoxy) is 2. The molecule has 0 aliphatic carbocycles. The average molecular weight is 290 g/mol. The van der Waals surface area contributed by atoms with E-state index in [1.54, 1.807) is 24.1 Å². The summed E-state index contributed by atoms with van der Waals surface area (Å²) in [5, 5.41) is 0.533. The number of morpholine rings is 1. The van der Waals surface area contributed by atoms with E-state index in [0.29, 0.717) is 43.2 Å². The molecule has 1 saturated heterocycles. The molecule has 0 amide bonds. The first-order valence-corrected chi connectivity index (χ1v) is 6.97. The van der Waals surface area contributed by atoms with Crippen LogP contribution in [0.25, 0.3) is 10.9 Å². The second-order valence-corrected chi connectivity index (χ2v) is 4.88. The van der Waals surface area contributed by atoms with Gasteiger partial charge in [0.2, 0.25) is 5.95 Å². The molecule has 0 bridgehead atoms. The molecular formula is C14H18N4O3. The SMILES string of the molecule is COCCn1ccc2nc(N3CCOCC3)ncc2c1=O. The minimum Gasteiger partial charge on any atom is -0.383 e. The maximum atomic E-state index is 12.3. The van der Waals surface area contributed by atoms with E-state index in [1.165, 1.54) is 0 Å². The van der Waals surface area contributed by atoms with Gasteiger partial charge >= 0.3 is 0 Å². The average Bonchev–Trinajstić information content (AvgIpc) is 2.55.